The van der Waals surface area contributed by atoms with Crippen molar-refractivity contribution in [2.75, 3.05) is 5.32 Å². The number of nitrogens with one attached hydrogen (secondary N) is 2. The molecule has 0 aliphatic rings. The fourth-order valence-corrected chi connectivity index (χ4v) is 1.18. The number of aryl methyl sites for hydroxylation is 1. The maximum absolute atomic E-state index is 11.2. The second-order valence-electron chi connectivity index (χ2n) is 3.75. The predicted molar refractivity (Wildman–Crippen MR) is 57.3 cm³/mol. The van der Waals surface area contributed by atoms with Crippen LogP contribution in [0.2, 0.25) is 0 Å². The number of nitriles is 1. The van der Waals surface area contributed by atoms with Gasteiger partial charge in [-0.05, 0) is 18.8 Å². The molecule has 0 aliphatic carbocycles. The van der Waals surface area contributed by atoms with Crippen molar-refractivity contribution in [3.63, 3.8) is 0 Å². The van der Waals surface area contributed by atoms with Crippen LogP contribution in [0.4, 0.5) is 5.95 Å². The topological polar surface area (TPSA) is 81.6 Å². The number of aromatic nitrogens is 2. The quantitative estimate of drug-likeness (QED) is 0.573. The van der Waals surface area contributed by atoms with E-state index in [-0.39, 0.29) is 11.5 Å². The summed E-state index contributed by atoms with van der Waals surface area (Å²) in [7, 11) is 0. The highest BCUT2D eigenvalue weighted by atomic mass is 16.1. The Kier molecular flexibility index (Phi) is 3.86. The van der Waals surface area contributed by atoms with Crippen molar-refractivity contribution in [2.45, 2.75) is 26.7 Å². The Bertz CT molecular complexity index is 416. The van der Waals surface area contributed by atoms with Gasteiger partial charge in [0.15, 0.2) is 6.19 Å². The molecule has 0 aromatic carbocycles. The maximum atomic E-state index is 11.2. The second kappa shape index (κ2) is 5.15. The molecule has 0 fully saturated rings. The summed E-state index contributed by atoms with van der Waals surface area (Å²) in [5.74, 6) is 0.780. The van der Waals surface area contributed by atoms with Crippen molar-refractivity contribution < 1.29 is 0 Å². The van der Waals surface area contributed by atoms with Gasteiger partial charge in [0, 0.05) is 11.8 Å². The van der Waals surface area contributed by atoms with Gasteiger partial charge in [0.1, 0.15) is 0 Å². The van der Waals surface area contributed by atoms with Gasteiger partial charge in [-0.15, -0.1) is 0 Å². The molecule has 0 aliphatic heterocycles. The number of anilines is 1. The van der Waals surface area contributed by atoms with Crippen LogP contribution in [0.25, 0.3) is 0 Å². The van der Waals surface area contributed by atoms with Gasteiger partial charge in [0.05, 0.1) is 0 Å². The minimum atomic E-state index is -0.235. The molecule has 5 heteroatoms. The summed E-state index contributed by atoms with van der Waals surface area (Å²) in [5, 5.41) is 10.7. The molecule has 0 bridgehead atoms. The molecule has 15 heavy (non-hydrogen) atoms. The van der Waals surface area contributed by atoms with Crippen molar-refractivity contribution in [3.8, 4) is 6.19 Å². The predicted octanol–water partition coefficient (Wildman–Crippen LogP) is 1.25. The molecule has 80 valence electrons. The molecule has 5 nitrogen and oxygen atoms in total. The van der Waals surface area contributed by atoms with Crippen molar-refractivity contribution >= 4 is 5.95 Å². The second-order valence-corrected chi connectivity index (χ2v) is 3.75. The number of nitrogens with zero attached hydrogens (tertiary/aromatic N) is 2. The molecule has 0 saturated carbocycles. The Morgan fingerprint density at radius 1 is 1.67 bits per heavy atom. The number of H-pyrrole nitrogens is 1. The first kappa shape index (κ1) is 11.2. The number of hydrogen-bond acceptors (Lipinski definition) is 4. The average Bonchev–Trinajstić information content (AvgIpc) is 2.14. The lowest BCUT2D eigenvalue weighted by Gasteiger charge is -2.04. The Morgan fingerprint density at radius 2 is 2.40 bits per heavy atom. The highest BCUT2D eigenvalue weighted by Crippen LogP contribution is 2.06. The van der Waals surface area contributed by atoms with Gasteiger partial charge >= 0.3 is 0 Å². The van der Waals surface area contributed by atoms with Crippen LogP contribution in [0.3, 0.4) is 0 Å². The van der Waals surface area contributed by atoms with E-state index in [4.69, 9.17) is 5.26 Å². The SMILES string of the molecule is CC(C)CCc1cc(=O)[nH]c(NC#N)n1. The molecule has 2 N–H and O–H groups in total. The Hall–Kier alpha value is -1.83. The van der Waals surface area contributed by atoms with E-state index in [1.165, 1.54) is 6.07 Å². The normalized spacial score (nSPS) is 10.0. The lowest BCUT2D eigenvalue weighted by atomic mass is 10.1. The van der Waals surface area contributed by atoms with E-state index in [0.717, 1.165) is 12.8 Å². The van der Waals surface area contributed by atoms with E-state index in [2.05, 4.69) is 29.1 Å². The molecule has 0 unspecified atom stereocenters. The van der Waals surface area contributed by atoms with E-state index in [9.17, 15) is 4.79 Å². The molecule has 1 rings (SSSR count). The average molecular weight is 206 g/mol. The first-order valence-corrected chi connectivity index (χ1v) is 4.87. The smallest absolute Gasteiger partial charge is 0.252 e. The van der Waals surface area contributed by atoms with Crippen molar-refractivity contribution in [2.24, 2.45) is 5.92 Å². The van der Waals surface area contributed by atoms with Gasteiger partial charge in [0.25, 0.3) is 5.56 Å². The zero-order valence-electron chi connectivity index (χ0n) is 8.87. The van der Waals surface area contributed by atoms with E-state index in [0.29, 0.717) is 11.6 Å². The van der Waals surface area contributed by atoms with Gasteiger partial charge in [0.2, 0.25) is 5.95 Å². The van der Waals surface area contributed by atoms with Crippen LogP contribution in [-0.4, -0.2) is 9.97 Å². The largest absolute Gasteiger partial charge is 0.292 e. The third-order valence-corrected chi connectivity index (χ3v) is 1.95. The van der Waals surface area contributed by atoms with Crippen molar-refractivity contribution in [3.05, 3.63) is 22.1 Å². The third-order valence-electron chi connectivity index (χ3n) is 1.95. The molecule has 0 spiro atoms. The third kappa shape index (κ3) is 3.81. The lowest BCUT2D eigenvalue weighted by molar-refractivity contribution is 0.581. The fourth-order valence-electron chi connectivity index (χ4n) is 1.18. The van der Waals surface area contributed by atoms with Gasteiger partial charge in [-0.3, -0.25) is 15.1 Å². The van der Waals surface area contributed by atoms with Crippen LogP contribution in [0.1, 0.15) is 26.0 Å². The highest BCUT2D eigenvalue weighted by Gasteiger charge is 2.02. The van der Waals surface area contributed by atoms with Crippen LogP contribution in [0.15, 0.2) is 10.9 Å². The highest BCUT2D eigenvalue weighted by molar-refractivity contribution is 5.30. The van der Waals surface area contributed by atoms with Crippen LogP contribution in [0.5, 0.6) is 0 Å². The molecule has 1 aromatic heterocycles. The molecular weight excluding hydrogens is 192 g/mol. The van der Waals surface area contributed by atoms with E-state index < -0.39 is 0 Å². The van der Waals surface area contributed by atoms with Gasteiger partial charge in [-0.25, -0.2) is 4.98 Å². The summed E-state index contributed by atoms with van der Waals surface area (Å²) in [6.45, 7) is 4.23. The molecule has 0 radical (unpaired) electrons. The minimum absolute atomic E-state index is 0.212. The summed E-state index contributed by atoms with van der Waals surface area (Å²) >= 11 is 0. The monoisotopic (exact) mass is 206 g/mol. The standard InChI is InChI=1S/C10H14N4O/c1-7(2)3-4-8-5-9(15)14-10(13-8)12-6-11/h5,7H,3-4H2,1-2H3,(H2,12,13,14,15). The van der Waals surface area contributed by atoms with Crippen molar-refractivity contribution in [1.82, 2.24) is 9.97 Å². The summed E-state index contributed by atoms with van der Waals surface area (Å²) < 4.78 is 0. The summed E-state index contributed by atoms with van der Waals surface area (Å²) in [6, 6.07) is 1.46. The molecule has 0 atom stereocenters. The molecule has 1 heterocycles. The van der Waals surface area contributed by atoms with Crippen LogP contribution < -0.4 is 10.9 Å². The first-order chi connectivity index (χ1) is 7.11. The maximum Gasteiger partial charge on any atom is 0.252 e. The number of hydrogen-bond donors (Lipinski definition) is 2. The minimum Gasteiger partial charge on any atom is -0.292 e. The zero-order chi connectivity index (χ0) is 11.3. The number of rotatable bonds is 4. The molecule has 0 saturated heterocycles. The Morgan fingerprint density at radius 3 is 3.00 bits per heavy atom. The summed E-state index contributed by atoms with van der Waals surface area (Å²) in [6.07, 6.45) is 3.45. The Labute approximate surface area is 88.2 Å². The van der Waals surface area contributed by atoms with Crippen LogP contribution >= 0.6 is 0 Å². The van der Waals surface area contributed by atoms with E-state index in [1.54, 1.807) is 6.19 Å². The first-order valence-electron chi connectivity index (χ1n) is 4.87. The van der Waals surface area contributed by atoms with Gasteiger partial charge < -0.3 is 0 Å². The molecule has 1 aromatic rings. The summed E-state index contributed by atoms with van der Waals surface area (Å²) in [5.41, 5.74) is 0.478. The van der Waals surface area contributed by atoms with E-state index >= 15 is 0 Å². The van der Waals surface area contributed by atoms with Crippen molar-refractivity contribution in [1.29, 1.82) is 5.26 Å². The Balaban J connectivity index is 2.80. The zero-order valence-corrected chi connectivity index (χ0v) is 8.87. The van der Waals surface area contributed by atoms with E-state index in [1.807, 2.05) is 0 Å². The van der Waals surface area contributed by atoms with Crippen LogP contribution in [0, 0.1) is 17.4 Å². The van der Waals surface area contributed by atoms with Gasteiger partial charge in [-0.1, -0.05) is 13.8 Å². The number of aromatic amines is 1. The van der Waals surface area contributed by atoms with Gasteiger partial charge in [-0.2, -0.15) is 5.26 Å². The van der Waals surface area contributed by atoms with Crippen LogP contribution in [-0.2, 0) is 6.42 Å². The molecular formula is C10H14N4O. The molecule has 0 amide bonds. The summed E-state index contributed by atoms with van der Waals surface area (Å²) in [4.78, 5) is 17.7. The fraction of sp³-hybridized carbons (Fsp3) is 0.500. The lowest BCUT2D eigenvalue weighted by Crippen LogP contribution is -2.12.